The molecule has 5 rings (SSSR count). The average Bonchev–Trinajstić information content (AvgIpc) is 3.48. The molecule has 2 aliphatic heterocycles. The van der Waals surface area contributed by atoms with Gasteiger partial charge in [0.05, 0.1) is 0 Å². The molecule has 5 heteroatoms. The van der Waals surface area contributed by atoms with E-state index in [1.807, 2.05) is 0 Å². The van der Waals surface area contributed by atoms with Gasteiger partial charge in [-0.15, -0.1) is 0 Å². The number of allylic oxidation sites excluding steroid dienone is 1. The number of carbonyl (C=O) groups excluding carboxylic acids is 1. The van der Waals surface area contributed by atoms with Crippen molar-refractivity contribution in [3.63, 3.8) is 0 Å². The van der Waals surface area contributed by atoms with Crippen molar-refractivity contribution in [3.05, 3.63) is 35.9 Å². The van der Waals surface area contributed by atoms with Gasteiger partial charge in [0.15, 0.2) is 0 Å². The van der Waals surface area contributed by atoms with Crippen molar-refractivity contribution >= 4 is 11.5 Å². The van der Waals surface area contributed by atoms with Crippen LogP contribution in [-0.4, -0.2) is 35.5 Å². The van der Waals surface area contributed by atoms with E-state index in [1.54, 1.807) is 0 Å². The summed E-state index contributed by atoms with van der Waals surface area (Å²) in [6, 6.07) is 7.30. The molecule has 2 atom stereocenters. The Labute approximate surface area is 167 Å². The maximum absolute atomic E-state index is 11.7. The summed E-state index contributed by atoms with van der Waals surface area (Å²) < 4.78 is 6.59. The summed E-state index contributed by atoms with van der Waals surface area (Å²) in [6.45, 7) is 6.62. The lowest BCUT2D eigenvalue weighted by molar-refractivity contribution is -0.122. The fourth-order valence-corrected chi connectivity index (χ4v) is 5.31. The highest BCUT2D eigenvalue weighted by Crippen LogP contribution is 2.48. The van der Waals surface area contributed by atoms with Crippen molar-refractivity contribution in [2.45, 2.75) is 63.0 Å². The van der Waals surface area contributed by atoms with Crippen LogP contribution in [0.3, 0.4) is 0 Å². The number of nitrogens with two attached hydrogens (primary N) is 1. The Bertz CT molecular complexity index is 793. The van der Waals surface area contributed by atoms with Crippen molar-refractivity contribution < 1.29 is 9.53 Å². The molecule has 2 unspecified atom stereocenters. The third kappa shape index (κ3) is 3.15. The van der Waals surface area contributed by atoms with Crippen molar-refractivity contribution in [1.82, 2.24) is 10.3 Å². The Kier molecular flexibility index (Phi) is 4.48. The number of hydrazine groups is 1. The van der Waals surface area contributed by atoms with Crippen LogP contribution in [0.25, 0.3) is 5.57 Å². The third-order valence-electron chi connectivity index (χ3n) is 7.63. The quantitative estimate of drug-likeness (QED) is 0.478. The van der Waals surface area contributed by atoms with Crippen LogP contribution in [0.2, 0.25) is 0 Å². The van der Waals surface area contributed by atoms with Crippen LogP contribution in [0.4, 0.5) is 0 Å². The number of likely N-dealkylation sites (tertiary alicyclic amines) is 1. The van der Waals surface area contributed by atoms with Gasteiger partial charge in [-0.25, -0.2) is 5.84 Å². The molecule has 0 aromatic heterocycles. The molecule has 2 heterocycles. The number of carbonyl (C=O) groups is 1. The number of nitrogens with zero attached hydrogens (tertiary/aromatic N) is 1. The summed E-state index contributed by atoms with van der Waals surface area (Å²) in [5.74, 6) is 6.42. The van der Waals surface area contributed by atoms with Crippen molar-refractivity contribution in [3.8, 4) is 5.75 Å². The first kappa shape index (κ1) is 18.2. The molecule has 28 heavy (non-hydrogen) atoms. The van der Waals surface area contributed by atoms with Crippen LogP contribution >= 0.6 is 0 Å². The van der Waals surface area contributed by atoms with Gasteiger partial charge < -0.3 is 9.64 Å². The second kappa shape index (κ2) is 6.89. The number of amides is 1. The van der Waals surface area contributed by atoms with Gasteiger partial charge in [-0.05, 0) is 79.7 Å². The number of fused-ring (bicyclic) bond motifs is 1. The number of nitrogens with one attached hydrogen (secondary N) is 1. The first-order chi connectivity index (χ1) is 13.6. The molecule has 1 aromatic rings. The van der Waals surface area contributed by atoms with Gasteiger partial charge in [-0.1, -0.05) is 19.1 Å². The third-order valence-corrected chi connectivity index (χ3v) is 7.63. The van der Waals surface area contributed by atoms with Crippen LogP contribution in [-0.2, 0) is 11.2 Å². The Morgan fingerprint density at radius 2 is 2.00 bits per heavy atom. The summed E-state index contributed by atoms with van der Waals surface area (Å²) >= 11 is 0. The van der Waals surface area contributed by atoms with Crippen molar-refractivity contribution in [1.29, 1.82) is 0 Å². The Hall–Kier alpha value is -1.85. The number of hydrogen-bond acceptors (Lipinski definition) is 4. The van der Waals surface area contributed by atoms with Crippen molar-refractivity contribution in [2.75, 3.05) is 13.1 Å². The van der Waals surface area contributed by atoms with E-state index in [9.17, 15) is 4.79 Å². The van der Waals surface area contributed by atoms with Crippen LogP contribution in [0, 0.1) is 11.8 Å². The van der Waals surface area contributed by atoms with Crippen LogP contribution in [0.5, 0.6) is 5.75 Å². The smallest absolute Gasteiger partial charge is 0.237 e. The molecule has 150 valence electrons. The molecular weight excluding hydrogens is 350 g/mol. The fraction of sp³-hybridized carbons (Fsp3) is 0.609. The molecule has 5 nitrogen and oxygen atoms in total. The van der Waals surface area contributed by atoms with Gasteiger partial charge in [0, 0.05) is 25.0 Å². The SMILES string of the molecule is C=C(c1ccc2c(c1)CCC1(CCN(C3CCC3)CC1)O2)C1CC1C(=O)NN. The molecule has 4 aliphatic rings. The zero-order valence-electron chi connectivity index (χ0n) is 16.6. The molecule has 1 saturated heterocycles. The molecule has 1 amide bonds. The summed E-state index contributed by atoms with van der Waals surface area (Å²) in [5.41, 5.74) is 5.76. The number of rotatable bonds is 4. The largest absolute Gasteiger partial charge is 0.487 e. The highest BCUT2D eigenvalue weighted by atomic mass is 16.5. The lowest BCUT2D eigenvalue weighted by atomic mass is 9.80. The second-order valence-electron chi connectivity index (χ2n) is 9.21. The van der Waals surface area contributed by atoms with E-state index in [1.165, 1.54) is 37.9 Å². The standard InChI is InChI=1S/C23H31N3O2/c1-15(19-14-20(19)22(27)25-24)16-5-6-21-17(13-16)7-8-23(28-21)9-11-26(12-10-23)18-3-2-4-18/h5-6,13,18-20H,1-4,7-12,14,24H2,(H,25,27). The minimum atomic E-state index is -0.0809. The van der Waals surface area contributed by atoms with Gasteiger partial charge in [-0.2, -0.15) is 0 Å². The average molecular weight is 382 g/mol. The normalized spacial score (nSPS) is 28.8. The van der Waals surface area contributed by atoms with Gasteiger partial charge in [-0.3, -0.25) is 10.2 Å². The summed E-state index contributed by atoms with van der Waals surface area (Å²) in [5, 5.41) is 0. The lowest BCUT2D eigenvalue weighted by Gasteiger charge is -2.48. The predicted octanol–water partition coefficient (Wildman–Crippen LogP) is 3.04. The number of aryl methyl sites for hydroxylation is 1. The second-order valence-corrected chi connectivity index (χ2v) is 9.21. The lowest BCUT2D eigenvalue weighted by Crippen LogP contribution is -2.53. The van der Waals surface area contributed by atoms with Gasteiger partial charge in [0.1, 0.15) is 11.4 Å². The minimum Gasteiger partial charge on any atom is -0.487 e. The summed E-state index contributed by atoms with van der Waals surface area (Å²) in [6.07, 6.45) is 9.49. The van der Waals surface area contributed by atoms with Gasteiger partial charge in [0.2, 0.25) is 5.91 Å². The Morgan fingerprint density at radius 1 is 1.21 bits per heavy atom. The summed E-state index contributed by atoms with van der Waals surface area (Å²) in [7, 11) is 0. The van der Waals surface area contributed by atoms with E-state index in [4.69, 9.17) is 10.6 Å². The summed E-state index contributed by atoms with van der Waals surface area (Å²) in [4.78, 5) is 14.4. The zero-order chi connectivity index (χ0) is 19.3. The van der Waals surface area contributed by atoms with Gasteiger partial charge in [0.25, 0.3) is 0 Å². The fourth-order valence-electron chi connectivity index (χ4n) is 5.31. The highest BCUT2D eigenvalue weighted by molar-refractivity contribution is 5.86. The van der Waals surface area contributed by atoms with E-state index in [0.29, 0.717) is 0 Å². The predicted molar refractivity (Wildman–Crippen MR) is 110 cm³/mol. The maximum Gasteiger partial charge on any atom is 0.237 e. The van der Waals surface area contributed by atoms with Crippen LogP contribution in [0.15, 0.2) is 24.8 Å². The highest BCUT2D eigenvalue weighted by Gasteiger charge is 2.45. The van der Waals surface area contributed by atoms with E-state index in [2.05, 4.69) is 35.1 Å². The zero-order valence-corrected chi connectivity index (χ0v) is 16.6. The molecule has 2 saturated carbocycles. The molecular formula is C23H31N3O2. The molecule has 3 N–H and O–H groups in total. The molecule has 1 aromatic carbocycles. The molecule has 0 bridgehead atoms. The number of piperidine rings is 1. The number of hydrogen-bond donors (Lipinski definition) is 2. The van der Waals surface area contributed by atoms with E-state index in [-0.39, 0.29) is 23.3 Å². The maximum atomic E-state index is 11.7. The van der Waals surface area contributed by atoms with Crippen LogP contribution < -0.4 is 16.0 Å². The van der Waals surface area contributed by atoms with Crippen molar-refractivity contribution in [2.24, 2.45) is 17.7 Å². The van der Waals surface area contributed by atoms with Gasteiger partial charge >= 0.3 is 0 Å². The minimum absolute atomic E-state index is 0.0195. The number of benzene rings is 1. The van der Waals surface area contributed by atoms with E-state index in [0.717, 1.165) is 55.0 Å². The first-order valence-electron chi connectivity index (χ1n) is 10.8. The Morgan fingerprint density at radius 3 is 2.68 bits per heavy atom. The topological polar surface area (TPSA) is 67.6 Å². The molecule has 2 aliphatic carbocycles. The van der Waals surface area contributed by atoms with E-state index >= 15 is 0 Å². The monoisotopic (exact) mass is 381 g/mol. The van der Waals surface area contributed by atoms with Crippen LogP contribution in [0.1, 0.15) is 56.1 Å². The number of ether oxygens (including phenoxy) is 1. The molecule has 0 radical (unpaired) electrons. The molecule has 3 fully saturated rings. The Balaban J connectivity index is 1.24. The van der Waals surface area contributed by atoms with E-state index < -0.39 is 0 Å². The molecule has 1 spiro atoms. The first-order valence-corrected chi connectivity index (χ1v) is 10.8.